The van der Waals surface area contributed by atoms with Crippen molar-refractivity contribution >= 4 is 6.29 Å². The fourth-order valence-electron chi connectivity index (χ4n) is 2.57. The van der Waals surface area contributed by atoms with Crippen LogP contribution >= 0.6 is 0 Å². The van der Waals surface area contributed by atoms with Gasteiger partial charge in [-0.3, -0.25) is 4.79 Å². The Morgan fingerprint density at radius 1 is 1.58 bits per heavy atom. The number of carbonyl (C=O) groups excluding carboxylic acids is 1. The van der Waals surface area contributed by atoms with E-state index in [9.17, 15) is 4.79 Å². The largest absolute Gasteiger partial charge is 0.390 e. The number of hydrogen-bond donors (Lipinski definition) is 1. The van der Waals surface area contributed by atoms with Crippen LogP contribution in [0.15, 0.2) is 11.8 Å². The average Bonchev–Trinajstić information content (AvgIpc) is 2.48. The molecule has 2 rings (SSSR count). The highest BCUT2D eigenvalue weighted by atomic mass is 16.1. The molecule has 0 saturated heterocycles. The van der Waals surface area contributed by atoms with Crippen molar-refractivity contribution in [3.05, 3.63) is 11.8 Å². The topological polar surface area (TPSA) is 29.1 Å². The first kappa shape index (κ1) is 7.84. The molecule has 1 N–H and O–H groups in total. The quantitative estimate of drug-likeness (QED) is 0.594. The number of allylic oxidation sites excluding steroid dienone is 1. The number of carbonyl (C=O) groups is 1. The van der Waals surface area contributed by atoms with Crippen LogP contribution in [0.25, 0.3) is 0 Å². The fraction of sp³-hybridized carbons (Fsp3) is 0.700. The summed E-state index contributed by atoms with van der Waals surface area (Å²) < 4.78 is 0. The van der Waals surface area contributed by atoms with E-state index in [-0.39, 0.29) is 0 Å². The highest BCUT2D eigenvalue weighted by Crippen LogP contribution is 2.41. The molecule has 3 atom stereocenters. The lowest BCUT2D eigenvalue weighted by molar-refractivity contribution is -0.105. The number of fused-ring (bicyclic) bond motifs is 1. The summed E-state index contributed by atoms with van der Waals surface area (Å²) in [5.74, 6) is 2.04. The van der Waals surface area contributed by atoms with Crippen LogP contribution in [-0.2, 0) is 4.79 Å². The zero-order chi connectivity index (χ0) is 8.55. The monoisotopic (exact) mass is 165 g/mol. The Balaban J connectivity index is 2.20. The van der Waals surface area contributed by atoms with E-state index in [1.54, 1.807) is 0 Å². The first-order valence-electron chi connectivity index (χ1n) is 4.71. The Hall–Kier alpha value is -0.790. The molecular weight excluding hydrogens is 150 g/mol. The Labute approximate surface area is 73.0 Å². The van der Waals surface area contributed by atoms with Crippen molar-refractivity contribution in [1.82, 2.24) is 5.32 Å². The summed E-state index contributed by atoms with van der Waals surface area (Å²) in [5, 5.41) is 3.19. The SMILES string of the molecule is CC1CCC2C(C=O)=CNCC12. The van der Waals surface area contributed by atoms with Gasteiger partial charge in [-0.2, -0.15) is 0 Å². The lowest BCUT2D eigenvalue weighted by Crippen LogP contribution is -2.31. The Morgan fingerprint density at radius 2 is 2.42 bits per heavy atom. The van der Waals surface area contributed by atoms with Crippen molar-refractivity contribution < 1.29 is 4.79 Å². The van der Waals surface area contributed by atoms with Gasteiger partial charge in [-0.15, -0.1) is 0 Å². The lowest BCUT2D eigenvalue weighted by Gasteiger charge is -2.27. The standard InChI is InChI=1S/C10H15NO/c1-7-2-3-9-8(6-12)4-11-5-10(7)9/h4,6-7,9-11H,2-3,5H2,1H3. The summed E-state index contributed by atoms with van der Waals surface area (Å²) in [6.07, 6.45) is 5.40. The van der Waals surface area contributed by atoms with Crippen LogP contribution in [0.4, 0.5) is 0 Å². The van der Waals surface area contributed by atoms with Crippen LogP contribution in [-0.4, -0.2) is 12.8 Å². The van der Waals surface area contributed by atoms with E-state index in [0.29, 0.717) is 11.8 Å². The molecule has 66 valence electrons. The van der Waals surface area contributed by atoms with Gasteiger partial charge in [0, 0.05) is 18.3 Å². The number of aldehydes is 1. The molecular formula is C10H15NO. The van der Waals surface area contributed by atoms with E-state index < -0.39 is 0 Å². The van der Waals surface area contributed by atoms with E-state index in [4.69, 9.17) is 0 Å². The Morgan fingerprint density at radius 3 is 3.17 bits per heavy atom. The summed E-state index contributed by atoms with van der Waals surface area (Å²) in [6, 6.07) is 0. The van der Waals surface area contributed by atoms with Crippen molar-refractivity contribution in [1.29, 1.82) is 0 Å². The van der Waals surface area contributed by atoms with Gasteiger partial charge >= 0.3 is 0 Å². The summed E-state index contributed by atoms with van der Waals surface area (Å²) >= 11 is 0. The normalized spacial score (nSPS) is 39.8. The van der Waals surface area contributed by atoms with Gasteiger partial charge in [0.15, 0.2) is 0 Å². The molecule has 1 saturated carbocycles. The van der Waals surface area contributed by atoms with Gasteiger partial charge in [0.05, 0.1) is 0 Å². The molecule has 1 aliphatic heterocycles. The molecule has 0 spiro atoms. The minimum atomic E-state index is 0.554. The molecule has 1 aliphatic carbocycles. The molecule has 0 radical (unpaired) electrons. The maximum Gasteiger partial charge on any atom is 0.147 e. The van der Waals surface area contributed by atoms with Gasteiger partial charge in [-0.25, -0.2) is 0 Å². The van der Waals surface area contributed by atoms with Gasteiger partial charge in [0.2, 0.25) is 0 Å². The number of nitrogens with one attached hydrogen (secondary N) is 1. The lowest BCUT2D eigenvalue weighted by atomic mass is 9.84. The molecule has 0 aromatic heterocycles. The number of hydrogen-bond acceptors (Lipinski definition) is 2. The highest BCUT2D eigenvalue weighted by molar-refractivity contribution is 5.74. The third-order valence-electron chi connectivity index (χ3n) is 3.37. The van der Waals surface area contributed by atoms with E-state index >= 15 is 0 Å². The van der Waals surface area contributed by atoms with Gasteiger partial charge in [-0.05, 0) is 30.6 Å². The first-order chi connectivity index (χ1) is 5.83. The third-order valence-corrected chi connectivity index (χ3v) is 3.37. The van der Waals surface area contributed by atoms with Crippen LogP contribution in [0, 0.1) is 17.8 Å². The zero-order valence-corrected chi connectivity index (χ0v) is 7.42. The van der Waals surface area contributed by atoms with Gasteiger partial charge in [0.1, 0.15) is 6.29 Å². The van der Waals surface area contributed by atoms with Gasteiger partial charge in [-0.1, -0.05) is 6.92 Å². The molecule has 0 bridgehead atoms. The van der Waals surface area contributed by atoms with Crippen molar-refractivity contribution in [3.8, 4) is 0 Å². The van der Waals surface area contributed by atoms with Crippen LogP contribution in [0.1, 0.15) is 19.8 Å². The summed E-state index contributed by atoms with van der Waals surface area (Å²) in [6.45, 7) is 3.35. The molecule has 1 fully saturated rings. The van der Waals surface area contributed by atoms with Crippen molar-refractivity contribution in [3.63, 3.8) is 0 Å². The van der Waals surface area contributed by atoms with E-state index in [2.05, 4.69) is 12.2 Å². The van der Waals surface area contributed by atoms with Crippen molar-refractivity contribution in [2.45, 2.75) is 19.8 Å². The molecule has 2 heteroatoms. The minimum Gasteiger partial charge on any atom is -0.390 e. The van der Waals surface area contributed by atoms with Crippen LogP contribution in [0.3, 0.4) is 0 Å². The Kier molecular flexibility index (Phi) is 1.91. The molecule has 2 nitrogen and oxygen atoms in total. The minimum absolute atomic E-state index is 0.554. The molecule has 0 amide bonds. The fourth-order valence-corrected chi connectivity index (χ4v) is 2.57. The second-order valence-electron chi connectivity index (χ2n) is 4.00. The van der Waals surface area contributed by atoms with E-state index in [1.165, 1.54) is 12.8 Å². The molecule has 0 aromatic carbocycles. The van der Waals surface area contributed by atoms with E-state index in [1.807, 2.05) is 6.20 Å². The molecule has 12 heavy (non-hydrogen) atoms. The summed E-state index contributed by atoms with van der Waals surface area (Å²) in [4.78, 5) is 10.7. The van der Waals surface area contributed by atoms with Gasteiger partial charge < -0.3 is 5.32 Å². The van der Waals surface area contributed by atoms with E-state index in [0.717, 1.165) is 24.3 Å². The summed E-state index contributed by atoms with van der Waals surface area (Å²) in [5.41, 5.74) is 0.982. The molecule has 0 aromatic rings. The second-order valence-corrected chi connectivity index (χ2v) is 4.00. The van der Waals surface area contributed by atoms with Crippen molar-refractivity contribution in [2.75, 3.05) is 6.54 Å². The van der Waals surface area contributed by atoms with Crippen LogP contribution in [0.2, 0.25) is 0 Å². The maximum atomic E-state index is 10.7. The van der Waals surface area contributed by atoms with Crippen LogP contribution < -0.4 is 5.32 Å². The smallest absolute Gasteiger partial charge is 0.147 e. The predicted molar refractivity (Wildman–Crippen MR) is 47.5 cm³/mol. The predicted octanol–water partition coefficient (Wildman–Crippen LogP) is 1.33. The molecule has 3 unspecified atom stereocenters. The maximum absolute atomic E-state index is 10.7. The highest BCUT2D eigenvalue weighted by Gasteiger charge is 2.36. The second kappa shape index (κ2) is 2.92. The third kappa shape index (κ3) is 1.06. The molecule has 1 heterocycles. The average molecular weight is 165 g/mol. The zero-order valence-electron chi connectivity index (χ0n) is 7.42. The summed E-state index contributed by atoms with van der Waals surface area (Å²) in [7, 11) is 0. The molecule has 2 aliphatic rings. The van der Waals surface area contributed by atoms with Crippen LogP contribution in [0.5, 0.6) is 0 Å². The van der Waals surface area contributed by atoms with Crippen molar-refractivity contribution in [2.24, 2.45) is 17.8 Å². The first-order valence-corrected chi connectivity index (χ1v) is 4.71. The number of rotatable bonds is 1. The Bertz CT molecular complexity index is 222. The van der Waals surface area contributed by atoms with Gasteiger partial charge in [0.25, 0.3) is 0 Å².